The van der Waals surface area contributed by atoms with E-state index in [-0.39, 0.29) is 29.4 Å². The van der Waals surface area contributed by atoms with Gasteiger partial charge in [0.15, 0.2) is 0 Å². The predicted octanol–water partition coefficient (Wildman–Crippen LogP) is 3.34. The number of hydrogen-bond acceptors (Lipinski definition) is 7. The van der Waals surface area contributed by atoms with Crippen LogP contribution in [0.2, 0.25) is 0 Å². The van der Waals surface area contributed by atoms with Gasteiger partial charge in [0.25, 0.3) is 11.8 Å². The standard InChI is InChI=1S/C27H30FN7O2/c28-19-8-5-17(6-9-19)26(37)35-12-11-16-7-10-20(13-18(16)15-35)32-25-21(24(30)36)14-31-27(34-25)33-23-4-2-1-3-22(23)29/h5-10,13-14,22-23H,1-4,11-12,15,29H2,(H2,30,36)(H2,31,32,33,34)/t22-,23+/m0/s1. The number of nitrogens with two attached hydrogens (primary N) is 2. The highest BCUT2D eigenvalue weighted by Gasteiger charge is 2.24. The summed E-state index contributed by atoms with van der Waals surface area (Å²) in [6, 6.07) is 11.5. The van der Waals surface area contributed by atoms with Crippen LogP contribution >= 0.6 is 0 Å². The Balaban J connectivity index is 1.35. The number of fused-ring (bicyclic) bond motifs is 1. The van der Waals surface area contributed by atoms with Crippen LogP contribution in [0.1, 0.15) is 57.5 Å². The highest BCUT2D eigenvalue weighted by atomic mass is 19.1. The van der Waals surface area contributed by atoms with E-state index in [1.54, 1.807) is 4.90 Å². The SMILES string of the molecule is NC(=O)c1cnc(N[C@@H]2CCCC[C@@H]2N)nc1Nc1ccc2c(c1)CN(C(=O)c1ccc(F)cc1)CC2. The minimum atomic E-state index is -0.641. The molecule has 0 radical (unpaired) electrons. The lowest BCUT2D eigenvalue weighted by Gasteiger charge is -2.30. The summed E-state index contributed by atoms with van der Waals surface area (Å²) in [4.78, 5) is 35.6. The van der Waals surface area contributed by atoms with Gasteiger partial charge in [0, 0.05) is 42.6 Å². The third-order valence-electron chi connectivity index (χ3n) is 7.05. The molecule has 10 heteroatoms. The number of carbonyl (C=O) groups is 2. The Bertz CT molecular complexity index is 1310. The van der Waals surface area contributed by atoms with Crippen LogP contribution in [0.15, 0.2) is 48.7 Å². The topological polar surface area (TPSA) is 139 Å². The summed E-state index contributed by atoms with van der Waals surface area (Å²) in [6.07, 6.45) is 6.19. The number of amides is 2. The van der Waals surface area contributed by atoms with Crippen LogP contribution in [-0.2, 0) is 13.0 Å². The Labute approximate surface area is 214 Å². The zero-order valence-electron chi connectivity index (χ0n) is 20.4. The number of aromatic nitrogens is 2. The number of rotatable bonds is 6. The van der Waals surface area contributed by atoms with E-state index < -0.39 is 5.91 Å². The molecule has 1 aliphatic heterocycles. The lowest BCUT2D eigenvalue weighted by Crippen LogP contribution is -2.43. The van der Waals surface area contributed by atoms with Gasteiger partial charge in [-0.3, -0.25) is 9.59 Å². The van der Waals surface area contributed by atoms with Gasteiger partial charge in [0.05, 0.1) is 0 Å². The number of carbonyl (C=O) groups excluding carboxylic acids is 2. The number of nitrogens with zero attached hydrogens (tertiary/aromatic N) is 3. The molecule has 0 unspecified atom stereocenters. The zero-order valence-corrected chi connectivity index (χ0v) is 20.4. The molecule has 1 saturated carbocycles. The Morgan fingerprint density at radius 1 is 1.05 bits per heavy atom. The van der Waals surface area contributed by atoms with Crippen molar-refractivity contribution in [3.63, 3.8) is 0 Å². The molecule has 5 rings (SSSR count). The molecule has 2 aromatic carbocycles. The van der Waals surface area contributed by atoms with E-state index in [1.807, 2.05) is 18.2 Å². The van der Waals surface area contributed by atoms with Crippen LogP contribution in [0, 0.1) is 5.82 Å². The van der Waals surface area contributed by atoms with Crippen LogP contribution in [0.4, 0.5) is 21.8 Å². The molecule has 2 atom stereocenters. The Morgan fingerprint density at radius 3 is 2.59 bits per heavy atom. The zero-order chi connectivity index (χ0) is 25.9. The maximum atomic E-state index is 13.3. The van der Waals surface area contributed by atoms with E-state index in [9.17, 15) is 14.0 Å². The predicted molar refractivity (Wildman–Crippen MR) is 139 cm³/mol. The molecule has 0 saturated heterocycles. The number of anilines is 3. The van der Waals surface area contributed by atoms with Crippen molar-refractivity contribution in [3.05, 3.63) is 76.7 Å². The Morgan fingerprint density at radius 2 is 1.84 bits per heavy atom. The van der Waals surface area contributed by atoms with Gasteiger partial charge in [0.2, 0.25) is 5.95 Å². The van der Waals surface area contributed by atoms with Crippen molar-refractivity contribution < 1.29 is 14.0 Å². The van der Waals surface area contributed by atoms with Gasteiger partial charge in [-0.25, -0.2) is 9.37 Å². The third kappa shape index (κ3) is 5.54. The second kappa shape index (κ2) is 10.5. The van der Waals surface area contributed by atoms with Gasteiger partial charge >= 0.3 is 0 Å². The Hall–Kier alpha value is -4.05. The fourth-order valence-electron chi connectivity index (χ4n) is 4.95. The molecular weight excluding hydrogens is 473 g/mol. The number of hydrogen-bond donors (Lipinski definition) is 4. The normalized spacial score (nSPS) is 19.1. The van der Waals surface area contributed by atoms with E-state index in [4.69, 9.17) is 11.5 Å². The maximum Gasteiger partial charge on any atom is 0.254 e. The fourth-order valence-corrected chi connectivity index (χ4v) is 4.95. The van der Waals surface area contributed by atoms with E-state index in [2.05, 4.69) is 20.6 Å². The summed E-state index contributed by atoms with van der Waals surface area (Å²) in [5, 5.41) is 6.51. The minimum absolute atomic E-state index is 0.0192. The molecule has 1 aromatic heterocycles. The molecule has 192 valence electrons. The van der Waals surface area contributed by atoms with E-state index in [0.717, 1.165) is 36.8 Å². The summed E-state index contributed by atoms with van der Waals surface area (Å²) in [7, 11) is 0. The average molecular weight is 504 g/mol. The van der Waals surface area contributed by atoms with Crippen molar-refractivity contribution in [1.82, 2.24) is 14.9 Å². The third-order valence-corrected chi connectivity index (χ3v) is 7.05. The molecular formula is C27H30FN7O2. The molecule has 0 bridgehead atoms. The Kier molecular flexibility index (Phi) is 7.00. The van der Waals surface area contributed by atoms with Gasteiger partial charge in [-0.1, -0.05) is 18.9 Å². The number of halogens is 1. The number of primary amides is 1. The van der Waals surface area contributed by atoms with E-state index in [0.29, 0.717) is 42.5 Å². The first-order valence-electron chi connectivity index (χ1n) is 12.5. The highest BCUT2D eigenvalue weighted by Crippen LogP contribution is 2.27. The lowest BCUT2D eigenvalue weighted by molar-refractivity contribution is 0.0734. The van der Waals surface area contributed by atoms with Gasteiger partial charge in [-0.2, -0.15) is 4.98 Å². The molecule has 3 aromatic rings. The second-order valence-electron chi connectivity index (χ2n) is 9.61. The van der Waals surface area contributed by atoms with Gasteiger partial charge in [0.1, 0.15) is 17.2 Å². The van der Waals surface area contributed by atoms with Crippen LogP contribution in [-0.4, -0.2) is 45.3 Å². The molecule has 1 aliphatic carbocycles. The van der Waals surface area contributed by atoms with Gasteiger partial charge in [-0.05, 0) is 66.8 Å². The average Bonchev–Trinajstić information content (AvgIpc) is 2.89. The maximum absolute atomic E-state index is 13.3. The molecule has 9 nitrogen and oxygen atoms in total. The van der Waals surface area contributed by atoms with Gasteiger partial charge < -0.3 is 27.0 Å². The molecule has 2 aliphatic rings. The second-order valence-corrected chi connectivity index (χ2v) is 9.61. The van der Waals surface area contributed by atoms with Crippen molar-refractivity contribution in [2.75, 3.05) is 17.2 Å². The number of benzene rings is 2. The van der Waals surface area contributed by atoms with Gasteiger partial charge in [-0.15, -0.1) is 0 Å². The van der Waals surface area contributed by atoms with Crippen LogP contribution in [0.25, 0.3) is 0 Å². The summed E-state index contributed by atoms with van der Waals surface area (Å²) in [6.45, 7) is 0.992. The quantitative estimate of drug-likeness (QED) is 0.405. The smallest absolute Gasteiger partial charge is 0.254 e. The molecule has 2 amide bonds. The monoisotopic (exact) mass is 503 g/mol. The highest BCUT2D eigenvalue weighted by molar-refractivity contribution is 5.98. The summed E-state index contributed by atoms with van der Waals surface area (Å²) < 4.78 is 13.3. The summed E-state index contributed by atoms with van der Waals surface area (Å²) >= 11 is 0. The van der Waals surface area contributed by atoms with Crippen molar-refractivity contribution in [3.8, 4) is 0 Å². The van der Waals surface area contributed by atoms with E-state index in [1.165, 1.54) is 30.5 Å². The summed E-state index contributed by atoms with van der Waals surface area (Å²) in [5.74, 6) is -0.491. The largest absolute Gasteiger partial charge is 0.365 e. The number of nitrogens with one attached hydrogen (secondary N) is 2. The first-order chi connectivity index (χ1) is 17.9. The van der Waals surface area contributed by atoms with Crippen LogP contribution in [0.3, 0.4) is 0 Å². The molecule has 2 heterocycles. The van der Waals surface area contributed by atoms with Crippen molar-refractivity contribution in [1.29, 1.82) is 0 Å². The van der Waals surface area contributed by atoms with E-state index >= 15 is 0 Å². The lowest BCUT2D eigenvalue weighted by atomic mass is 9.91. The van der Waals surface area contributed by atoms with Crippen LogP contribution < -0.4 is 22.1 Å². The molecule has 37 heavy (non-hydrogen) atoms. The fraction of sp³-hybridized carbons (Fsp3) is 0.333. The summed E-state index contributed by atoms with van der Waals surface area (Å²) in [5.41, 5.74) is 15.3. The molecule has 6 N–H and O–H groups in total. The minimum Gasteiger partial charge on any atom is -0.365 e. The first kappa shape index (κ1) is 24.6. The van der Waals surface area contributed by atoms with Crippen molar-refractivity contribution in [2.45, 2.75) is 50.7 Å². The molecule has 1 fully saturated rings. The van der Waals surface area contributed by atoms with Crippen molar-refractivity contribution in [2.24, 2.45) is 11.5 Å². The van der Waals surface area contributed by atoms with Crippen molar-refractivity contribution >= 4 is 29.3 Å². The first-order valence-corrected chi connectivity index (χ1v) is 12.5. The van der Waals surface area contributed by atoms with Crippen LogP contribution in [0.5, 0.6) is 0 Å². The molecule has 0 spiro atoms.